The Balaban J connectivity index is 0.00000171. The van der Waals surface area contributed by atoms with Crippen LogP contribution in [0.2, 0.25) is 0 Å². The van der Waals surface area contributed by atoms with Crippen molar-refractivity contribution in [3.63, 3.8) is 0 Å². The van der Waals surface area contributed by atoms with Crippen LogP contribution in [0.5, 0.6) is 0 Å². The molecule has 1 unspecified atom stereocenters. The second kappa shape index (κ2) is 11.5. The third kappa shape index (κ3) is 6.12. The monoisotopic (exact) mass is 577 g/mol. The molecule has 7 nitrogen and oxygen atoms in total. The van der Waals surface area contributed by atoms with Crippen molar-refractivity contribution >= 4 is 76.0 Å². The maximum absolute atomic E-state index is 6.06. The summed E-state index contributed by atoms with van der Waals surface area (Å²) >= 11 is 2.31. The van der Waals surface area contributed by atoms with Crippen LogP contribution in [0.1, 0.15) is 52.0 Å². The normalized spacial score (nSPS) is 19.2. The topological polar surface area (TPSA) is 93.7 Å². The van der Waals surface area contributed by atoms with E-state index in [1.807, 2.05) is 18.5 Å². The highest BCUT2D eigenvalue weighted by Gasteiger charge is 2.21. The molecule has 10 heteroatoms. The second-order valence-electron chi connectivity index (χ2n) is 7.87. The minimum absolute atomic E-state index is 0. The summed E-state index contributed by atoms with van der Waals surface area (Å²) in [5.41, 5.74) is 8.70. The largest absolute Gasteiger partial charge is 0.351 e. The Labute approximate surface area is 209 Å². The van der Waals surface area contributed by atoms with Crippen LogP contribution in [0.3, 0.4) is 0 Å². The van der Waals surface area contributed by atoms with Crippen LogP contribution in [0, 0.1) is 3.57 Å². The molecule has 170 valence electrons. The Bertz CT molecular complexity index is 989. The highest BCUT2D eigenvalue weighted by atomic mass is 127. The first kappa shape index (κ1) is 25.9. The first-order valence-corrected chi connectivity index (χ1v) is 11.4. The maximum Gasteiger partial charge on any atom is 0.227 e. The molecule has 1 aromatic carbocycles. The van der Waals surface area contributed by atoms with Crippen molar-refractivity contribution in [1.29, 1.82) is 0 Å². The summed E-state index contributed by atoms with van der Waals surface area (Å²) in [6.45, 7) is 4.36. The molecule has 0 bridgehead atoms. The van der Waals surface area contributed by atoms with Gasteiger partial charge < -0.3 is 20.9 Å². The Morgan fingerprint density at radius 3 is 2.61 bits per heavy atom. The summed E-state index contributed by atoms with van der Waals surface area (Å²) in [5.74, 6) is 1.38. The van der Waals surface area contributed by atoms with E-state index in [9.17, 15) is 0 Å². The number of nitrogens with two attached hydrogens (primary N) is 1. The molecule has 1 aliphatic rings. The first-order valence-electron chi connectivity index (χ1n) is 10.3. The van der Waals surface area contributed by atoms with E-state index in [4.69, 9.17) is 15.7 Å². The van der Waals surface area contributed by atoms with Gasteiger partial charge in [-0.3, -0.25) is 0 Å². The predicted molar refractivity (Wildman–Crippen MR) is 141 cm³/mol. The molecule has 0 spiro atoms. The Morgan fingerprint density at radius 1 is 1.19 bits per heavy atom. The van der Waals surface area contributed by atoms with Crippen LogP contribution < -0.4 is 16.4 Å². The van der Waals surface area contributed by atoms with Gasteiger partial charge in [0.25, 0.3) is 0 Å². The molecule has 1 aliphatic carbocycles. The van der Waals surface area contributed by atoms with Crippen LogP contribution in [0.4, 0.5) is 17.5 Å². The lowest BCUT2D eigenvalue weighted by molar-refractivity contribution is 0.410. The van der Waals surface area contributed by atoms with E-state index in [1.54, 1.807) is 0 Å². The van der Waals surface area contributed by atoms with Crippen molar-refractivity contribution in [2.75, 3.05) is 10.6 Å². The lowest BCUT2D eigenvalue weighted by Gasteiger charge is -2.27. The average Bonchev–Trinajstić information content (AvgIpc) is 3.13. The maximum atomic E-state index is 6.06. The summed E-state index contributed by atoms with van der Waals surface area (Å²) < 4.78 is 3.30. The van der Waals surface area contributed by atoms with E-state index in [2.05, 4.69) is 68.8 Å². The number of fused-ring (bicyclic) bond motifs is 1. The Morgan fingerprint density at radius 2 is 1.94 bits per heavy atom. The van der Waals surface area contributed by atoms with Gasteiger partial charge in [0, 0.05) is 27.4 Å². The molecule has 0 saturated heterocycles. The number of nitrogens with zero attached hydrogens (tertiary/aromatic N) is 4. The van der Waals surface area contributed by atoms with Gasteiger partial charge in [-0.05, 0) is 79.8 Å². The van der Waals surface area contributed by atoms with Crippen LogP contribution in [0.25, 0.3) is 11.2 Å². The van der Waals surface area contributed by atoms with Gasteiger partial charge in [0.1, 0.15) is 0 Å². The van der Waals surface area contributed by atoms with Crippen LogP contribution in [-0.4, -0.2) is 31.6 Å². The SMILES string of the molecule is CCC(C)n1cnc2c(Nc3cccc(I)c3)nc(NC3CCC(N)CC3)nc21.Cl.Cl. The molecule has 3 aromatic rings. The van der Waals surface area contributed by atoms with Gasteiger partial charge >= 0.3 is 0 Å². The molecule has 0 amide bonds. The molecule has 31 heavy (non-hydrogen) atoms. The van der Waals surface area contributed by atoms with Gasteiger partial charge in [-0.15, -0.1) is 24.8 Å². The van der Waals surface area contributed by atoms with E-state index >= 15 is 0 Å². The summed E-state index contributed by atoms with van der Waals surface area (Å²) in [4.78, 5) is 14.3. The smallest absolute Gasteiger partial charge is 0.227 e. The summed E-state index contributed by atoms with van der Waals surface area (Å²) in [7, 11) is 0. The molecule has 4 N–H and O–H groups in total. The summed E-state index contributed by atoms with van der Waals surface area (Å²) in [5, 5.41) is 7.00. The summed E-state index contributed by atoms with van der Waals surface area (Å²) in [6.07, 6.45) is 7.06. The van der Waals surface area contributed by atoms with Gasteiger partial charge in [0.05, 0.1) is 6.33 Å². The third-order valence-electron chi connectivity index (χ3n) is 5.68. The van der Waals surface area contributed by atoms with Gasteiger partial charge in [0.2, 0.25) is 5.95 Å². The van der Waals surface area contributed by atoms with Crippen molar-refractivity contribution in [1.82, 2.24) is 19.5 Å². The molecule has 0 aliphatic heterocycles. The minimum Gasteiger partial charge on any atom is -0.351 e. The van der Waals surface area contributed by atoms with Gasteiger partial charge in [0.15, 0.2) is 17.0 Å². The molecule has 2 aromatic heterocycles. The second-order valence-corrected chi connectivity index (χ2v) is 9.11. The fraction of sp³-hybridized carbons (Fsp3) is 0.476. The number of benzene rings is 1. The van der Waals surface area contributed by atoms with Crippen molar-refractivity contribution in [2.24, 2.45) is 5.73 Å². The van der Waals surface area contributed by atoms with Gasteiger partial charge in [-0.1, -0.05) is 13.0 Å². The number of rotatable bonds is 6. The van der Waals surface area contributed by atoms with E-state index in [0.717, 1.165) is 54.8 Å². The van der Waals surface area contributed by atoms with Crippen LogP contribution in [-0.2, 0) is 0 Å². The Hall–Kier alpha value is -1.36. The van der Waals surface area contributed by atoms with Crippen LogP contribution >= 0.6 is 47.4 Å². The number of hydrogen-bond donors (Lipinski definition) is 3. The third-order valence-corrected chi connectivity index (χ3v) is 6.35. The zero-order valence-electron chi connectivity index (χ0n) is 17.7. The van der Waals surface area contributed by atoms with Crippen LogP contribution in [0.15, 0.2) is 30.6 Å². The molecule has 1 atom stereocenters. The first-order chi connectivity index (χ1) is 14.0. The zero-order chi connectivity index (χ0) is 20.4. The molecule has 2 heterocycles. The van der Waals surface area contributed by atoms with Gasteiger partial charge in [-0.2, -0.15) is 9.97 Å². The number of hydrogen-bond acceptors (Lipinski definition) is 6. The average molecular weight is 578 g/mol. The number of imidazole rings is 1. The molecule has 1 saturated carbocycles. The van der Waals surface area contributed by atoms with Gasteiger partial charge in [-0.25, -0.2) is 4.98 Å². The van der Waals surface area contributed by atoms with Crippen molar-refractivity contribution < 1.29 is 0 Å². The fourth-order valence-corrected chi connectivity index (χ4v) is 4.28. The van der Waals surface area contributed by atoms with Crippen molar-refractivity contribution in [3.05, 3.63) is 34.2 Å². The lowest BCUT2D eigenvalue weighted by atomic mass is 9.92. The number of nitrogens with one attached hydrogen (secondary N) is 2. The number of anilines is 3. The molecule has 4 rings (SSSR count). The molecular formula is C21H30Cl2IN7. The zero-order valence-corrected chi connectivity index (χ0v) is 21.5. The van der Waals surface area contributed by atoms with E-state index < -0.39 is 0 Å². The minimum atomic E-state index is 0. The standard InChI is InChI=1S/C21H28IN7.2ClH/c1-3-13(2)29-12-24-18-19(25-17-6-4-5-14(22)11-17)27-21(28-20(18)29)26-16-9-7-15(23)8-10-16;;/h4-6,11-13,15-16H,3,7-10,23H2,1-2H3,(H2,25,26,27,28);2*1H. The fourth-order valence-electron chi connectivity index (χ4n) is 3.74. The van der Waals surface area contributed by atoms with E-state index in [-0.39, 0.29) is 24.8 Å². The summed E-state index contributed by atoms with van der Waals surface area (Å²) in [6, 6.07) is 9.23. The molecule has 0 radical (unpaired) electrons. The molecule has 1 fully saturated rings. The van der Waals surface area contributed by atoms with E-state index in [1.165, 1.54) is 3.57 Å². The molecular weight excluding hydrogens is 548 g/mol. The number of aromatic nitrogens is 4. The highest BCUT2D eigenvalue weighted by molar-refractivity contribution is 14.1. The van der Waals surface area contributed by atoms with E-state index in [0.29, 0.717) is 24.1 Å². The van der Waals surface area contributed by atoms with Crippen molar-refractivity contribution in [3.8, 4) is 0 Å². The quantitative estimate of drug-likeness (QED) is 0.327. The predicted octanol–water partition coefficient (Wildman–Crippen LogP) is 5.67. The lowest BCUT2D eigenvalue weighted by Crippen LogP contribution is -2.33. The van der Waals surface area contributed by atoms with Crippen molar-refractivity contribution in [2.45, 2.75) is 64.1 Å². The Kier molecular flexibility index (Phi) is 9.60. The highest BCUT2D eigenvalue weighted by Crippen LogP contribution is 2.28. The number of halogens is 3.